The van der Waals surface area contributed by atoms with E-state index in [0.717, 1.165) is 16.7 Å². The van der Waals surface area contributed by atoms with E-state index in [-0.39, 0.29) is 26.3 Å². The molecule has 174 valence electrons. The number of anilines is 1. The van der Waals surface area contributed by atoms with Gasteiger partial charge >= 0.3 is 6.03 Å². The first kappa shape index (κ1) is 23.6. The lowest BCUT2D eigenvalue weighted by Crippen LogP contribution is -2.40. The number of H-pyrrole nitrogens is 1. The number of hydrogen-bond donors (Lipinski definition) is 4. The lowest BCUT2D eigenvalue weighted by molar-refractivity contribution is -0.118. The van der Waals surface area contributed by atoms with Crippen LogP contribution in [-0.4, -0.2) is 59.0 Å². The Balaban J connectivity index is 1.82. The van der Waals surface area contributed by atoms with Gasteiger partial charge < -0.3 is 30.5 Å². The Morgan fingerprint density at radius 1 is 1.21 bits per heavy atom. The number of aromatic nitrogens is 2. The maximum atomic E-state index is 13.1. The maximum absolute atomic E-state index is 13.1. The lowest BCUT2D eigenvalue weighted by atomic mass is 10.1. The van der Waals surface area contributed by atoms with E-state index in [0.29, 0.717) is 23.6 Å². The molecule has 1 heterocycles. The normalized spacial score (nSPS) is 10.5. The summed E-state index contributed by atoms with van der Waals surface area (Å²) in [5.41, 5.74) is 8.27. The summed E-state index contributed by atoms with van der Waals surface area (Å²) in [5, 5.41) is 18.6. The number of nitrogens with zero attached hydrogens (tertiary/aromatic N) is 2. The predicted octanol–water partition coefficient (Wildman–Crippen LogP) is 2.37. The van der Waals surface area contributed by atoms with Crippen molar-refractivity contribution in [3.05, 3.63) is 60.4 Å². The zero-order valence-corrected chi connectivity index (χ0v) is 18.3. The number of ether oxygens (including phenoxy) is 2. The Bertz CT molecular complexity index is 1070. The van der Waals surface area contributed by atoms with E-state index in [4.69, 9.17) is 20.3 Å². The quantitative estimate of drug-likeness (QED) is 0.328. The summed E-state index contributed by atoms with van der Waals surface area (Å²) in [7, 11) is 1.55. The third kappa shape index (κ3) is 6.71. The highest BCUT2D eigenvalue weighted by Gasteiger charge is 2.19. The number of carbonyl (C=O) groups excluding carboxylic acids is 2. The molecule has 0 spiro atoms. The molecule has 10 heteroatoms. The van der Waals surface area contributed by atoms with E-state index in [1.165, 1.54) is 4.90 Å². The number of methoxy groups -OCH3 is 1. The van der Waals surface area contributed by atoms with E-state index in [9.17, 15) is 9.59 Å². The monoisotopic (exact) mass is 453 g/mol. The van der Waals surface area contributed by atoms with Crippen LogP contribution in [0.2, 0.25) is 0 Å². The molecule has 0 bridgehead atoms. The van der Waals surface area contributed by atoms with Crippen molar-refractivity contribution in [1.82, 2.24) is 15.1 Å². The summed E-state index contributed by atoms with van der Waals surface area (Å²) in [6.07, 6.45) is 3.86. The van der Waals surface area contributed by atoms with Crippen LogP contribution in [-0.2, 0) is 11.3 Å². The van der Waals surface area contributed by atoms with E-state index in [1.807, 2.05) is 12.1 Å². The molecule has 5 N–H and O–H groups in total. The molecule has 1 aromatic heterocycles. The summed E-state index contributed by atoms with van der Waals surface area (Å²) in [5.74, 6) is 0.431. The van der Waals surface area contributed by atoms with E-state index >= 15 is 0 Å². The van der Waals surface area contributed by atoms with Crippen molar-refractivity contribution >= 4 is 17.6 Å². The van der Waals surface area contributed by atoms with Crippen molar-refractivity contribution in [2.75, 3.05) is 32.2 Å². The van der Waals surface area contributed by atoms with Crippen LogP contribution < -0.4 is 20.5 Å². The number of aromatic amines is 1. The molecular formula is C23H27N5O5. The number of urea groups is 1. The van der Waals surface area contributed by atoms with Gasteiger partial charge in [-0.2, -0.15) is 5.10 Å². The molecule has 10 nitrogen and oxygen atoms in total. The van der Waals surface area contributed by atoms with Crippen LogP contribution in [0.5, 0.6) is 11.5 Å². The van der Waals surface area contributed by atoms with Gasteiger partial charge in [-0.05, 0) is 35.4 Å². The molecule has 0 aliphatic rings. The highest BCUT2D eigenvalue weighted by molar-refractivity contribution is 5.93. The van der Waals surface area contributed by atoms with E-state index in [2.05, 4.69) is 15.5 Å². The van der Waals surface area contributed by atoms with Crippen LogP contribution in [0.25, 0.3) is 11.1 Å². The molecule has 3 rings (SSSR count). The van der Waals surface area contributed by atoms with Gasteiger partial charge in [0.15, 0.2) is 0 Å². The second-order valence-electron chi connectivity index (χ2n) is 7.23. The lowest BCUT2D eigenvalue weighted by Gasteiger charge is -2.23. The van der Waals surface area contributed by atoms with Gasteiger partial charge in [-0.1, -0.05) is 18.2 Å². The topological polar surface area (TPSA) is 143 Å². The SMILES string of the molecule is COc1cccc(CN(CC(N)=O)C(=O)Nc2ccc(-c3cn[nH]c3)cc2OCCCO)c1. The van der Waals surface area contributed by atoms with Gasteiger partial charge in [0.1, 0.15) is 18.0 Å². The van der Waals surface area contributed by atoms with Gasteiger partial charge in [-0.15, -0.1) is 0 Å². The molecular weight excluding hydrogens is 426 g/mol. The third-order valence-corrected chi connectivity index (χ3v) is 4.76. The molecule has 2 aromatic carbocycles. The Hall–Kier alpha value is -4.05. The summed E-state index contributed by atoms with van der Waals surface area (Å²) < 4.78 is 11.0. The first-order chi connectivity index (χ1) is 16.0. The Labute approximate surface area is 191 Å². The maximum Gasteiger partial charge on any atom is 0.322 e. The molecule has 33 heavy (non-hydrogen) atoms. The van der Waals surface area contributed by atoms with Gasteiger partial charge in [0, 0.05) is 31.3 Å². The number of carbonyl (C=O) groups is 2. The zero-order valence-electron chi connectivity index (χ0n) is 18.3. The number of primary amides is 1. The van der Waals surface area contributed by atoms with Crippen LogP contribution in [0.3, 0.4) is 0 Å². The average molecular weight is 453 g/mol. The number of nitrogens with two attached hydrogens (primary N) is 1. The van der Waals surface area contributed by atoms with Gasteiger partial charge in [-0.3, -0.25) is 9.89 Å². The molecule has 3 amide bonds. The molecule has 0 aliphatic heterocycles. The molecule has 0 radical (unpaired) electrons. The third-order valence-electron chi connectivity index (χ3n) is 4.76. The average Bonchev–Trinajstić information content (AvgIpc) is 3.34. The van der Waals surface area contributed by atoms with Crippen LogP contribution in [0.4, 0.5) is 10.5 Å². The molecule has 0 fully saturated rings. The van der Waals surface area contributed by atoms with Crippen molar-refractivity contribution in [2.24, 2.45) is 5.73 Å². The first-order valence-corrected chi connectivity index (χ1v) is 10.3. The van der Waals surface area contributed by atoms with Crippen molar-refractivity contribution in [1.29, 1.82) is 0 Å². The van der Waals surface area contributed by atoms with Crippen LogP contribution in [0, 0.1) is 0 Å². The van der Waals surface area contributed by atoms with Gasteiger partial charge in [0.05, 0.1) is 25.6 Å². The largest absolute Gasteiger partial charge is 0.497 e. The Morgan fingerprint density at radius 3 is 2.76 bits per heavy atom. The summed E-state index contributed by atoms with van der Waals surface area (Å²) in [6, 6.07) is 12.0. The van der Waals surface area contributed by atoms with E-state index < -0.39 is 11.9 Å². The number of benzene rings is 2. The fourth-order valence-electron chi connectivity index (χ4n) is 3.15. The Morgan fingerprint density at radius 2 is 2.06 bits per heavy atom. The second-order valence-corrected chi connectivity index (χ2v) is 7.23. The smallest absolute Gasteiger partial charge is 0.322 e. The second kappa shape index (κ2) is 11.5. The molecule has 0 atom stereocenters. The minimum Gasteiger partial charge on any atom is -0.497 e. The highest BCUT2D eigenvalue weighted by atomic mass is 16.5. The summed E-state index contributed by atoms with van der Waals surface area (Å²) >= 11 is 0. The van der Waals surface area contributed by atoms with Crippen LogP contribution in [0.1, 0.15) is 12.0 Å². The molecule has 0 saturated heterocycles. The molecule has 3 aromatic rings. The van der Waals surface area contributed by atoms with Crippen molar-refractivity contribution in [3.63, 3.8) is 0 Å². The first-order valence-electron chi connectivity index (χ1n) is 10.3. The van der Waals surface area contributed by atoms with Gasteiger partial charge in [-0.25, -0.2) is 4.79 Å². The van der Waals surface area contributed by atoms with E-state index in [1.54, 1.807) is 49.8 Å². The molecule has 0 aliphatic carbocycles. The minimum absolute atomic E-state index is 0.0178. The van der Waals surface area contributed by atoms with Crippen molar-refractivity contribution < 1.29 is 24.2 Å². The van der Waals surface area contributed by atoms with Crippen LogP contribution in [0.15, 0.2) is 54.9 Å². The summed E-state index contributed by atoms with van der Waals surface area (Å²) in [4.78, 5) is 26.0. The van der Waals surface area contributed by atoms with Crippen molar-refractivity contribution in [2.45, 2.75) is 13.0 Å². The Kier molecular flexibility index (Phi) is 8.25. The van der Waals surface area contributed by atoms with Crippen LogP contribution >= 0.6 is 0 Å². The van der Waals surface area contributed by atoms with Crippen molar-refractivity contribution in [3.8, 4) is 22.6 Å². The number of aliphatic hydroxyl groups is 1. The number of aliphatic hydroxyl groups excluding tert-OH is 1. The predicted molar refractivity (Wildman–Crippen MR) is 123 cm³/mol. The van der Waals surface area contributed by atoms with Gasteiger partial charge in [0.25, 0.3) is 0 Å². The number of hydrogen-bond acceptors (Lipinski definition) is 6. The summed E-state index contributed by atoms with van der Waals surface area (Å²) in [6.45, 7) is 0.135. The standard InChI is InChI=1S/C23H27N5O5/c1-32-19-5-2-4-16(10-19)14-28(15-22(24)30)23(31)27-20-7-6-17(18-12-25-26-13-18)11-21(20)33-9-3-8-29/h2,4-7,10-13,29H,3,8-9,14-15H2,1H3,(H2,24,30)(H,25,26)(H,27,31). The zero-order chi connectivity index (χ0) is 23.6. The number of rotatable bonds is 11. The number of amides is 3. The molecule has 0 saturated carbocycles. The fourth-order valence-corrected chi connectivity index (χ4v) is 3.15. The fraction of sp³-hybridized carbons (Fsp3) is 0.261. The molecule has 0 unspecified atom stereocenters. The van der Waals surface area contributed by atoms with Gasteiger partial charge in [0.2, 0.25) is 5.91 Å². The highest BCUT2D eigenvalue weighted by Crippen LogP contribution is 2.31. The number of nitrogens with one attached hydrogen (secondary N) is 2. The minimum atomic E-state index is -0.636.